The van der Waals surface area contributed by atoms with E-state index in [1.165, 1.54) is 7.11 Å². The minimum Gasteiger partial charge on any atom is -0.463 e. The molecule has 1 aliphatic carbocycles. The summed E-state index contributed by atoms with van der Waals surface area (Å²) < 4.78 is 4.75. The van der Waals surface area contributed by atoms with E-state index in [0.29, 0.717) is 22.8 Å². The Morgan fingerprint density at radius 2 is 1.89 bits per heavy atom. The molecule has 0 radical (unpaired) electrons. The molecule has 1 saturated carbocycles. The molecule has 0 aliphatic heterocycles. The van der Waals surface area contributed by atoms with Gasteiger partial charge in [-0.25, -0.2) is 19.7 Å². The average molecular weight is 367 g/mol. The van der Waals surface area contributed by atoms with Crippen LogP contribution in [0.25, 0.3) is 22.6 Å². The predicted molar refractivity (Wildman–Crippen MR) is 100 cm³/mol. The first-order valence-electron chi connectivity index (χ1n) is 9.00. The zero-order chi connectivity index (χ0) is 18.8. The Labute approximate surface area is 156 Å². The van der Waals surface area contributed by atoms with Crippen molar-refractivity contribution in [3.8, 4) is 11.4 Å². The predicted octanol–water partition coefficient (Wildman–Crippen LogP) is 2.52. The third-order valence-electron chi connectivity index (χ3n) is 4.80. The number of carbonyl (C=O) groups excluding carboxylic acids is 1. The molecule has 4 rings (SSSR count). The number of methoxy groups -OCH3 is 1. The number of rotatable bonds is 4. The van der Waals surface area contributed by atoms with Crippen LogP contribution in [0.3, 0.4) is 0 Å². The van der Waals surface area contributed by atoms with Gasteiger partial charge in [0.05, 0.1) is 13.2 Å². The summed E-state index contributed by atoms with van der Waals surface area (Å²) in [5, 5.41) is 13.2. The Hall–Kier alpha value is -3.00. The van der Waals surface area contributed by atoms with Gasteiger partial charge in [0.15, 0.2) is 17.3 Å². The Morgan fingerprint density at radius 3 is 2.59 bits per heavy atom. The zero-order valence-electron chi connectivity index (χ0n) is 15.0. The van der Waals surface area contributed by atoms with Gasteiger partial charge in [0, 0.05) is 11.6 Å². The molecule has 3 N–H and O–H groups in total. The summed E-state index contributed by atoms with van der Waals surface area (Å²) in [6, 6.07) is 9.82. The van der Waals surface area contributed by atoms with Gasteiger partial charge in [0.25, 0.3) is 0 Å². The fourth-order valence-electron chi connectivity index (χ4n) is 3.32. The Kier molecular flexibility index (Phi) is 4.72. The van der Waals surface area contributed by atoms with Crippen LogP contribution in [-0.4, -0.2) is 50.3 Å². The van der Waals surface area contributed by atoms with E-state index in [4.69, 9.17) is 4.74 Å². The van der Waals surface area contributed by atoms with Crippen LogP contribution < -0.4 is 5.32 Å². The van der Waals surface area contributed by atoms with Crippen molar-refractivity contribution in [3.05, 3.63) is 36.2 Å². The minimum atomic E-state index is -0.555. The van der Waals surface area contributed by atoms with Gasteiger partial charge in [-0.3, -0.25) is 0 Å². The second-order valence-corrected chi connectivity index (χ2v) is 6.69. The largest absolute Gasteiger partial charge is 0.463 e. The van der Waals surface area contributed by atoms with Crippen molar-refractivity contribution < 1.29 is 14.6 Å². The number of aliphatic hydroxyl groups is 1. The van der Waals surface area contributed by atoms with Crippen LogP contribution in [0.4, 0.5) is 5.82 Å². The maximum absolute atomic E-state index is 11.9. The molecule has 1 aliphatic rings. The summed E-state index contributed by atoms with van der Waals surface area (Å²) in [5.41, 5.74) is 1.84. The number of aromatic amines is 1. The van der Waals surface area contributed by atoms with E-state index in [-0.39, 0.29) is 18.0 Å². The number of nitrogens with zero attached hydrogens (tertiary/aromatic N) is 3. The van der Waals surface area contributed by atoms with Gasteiger partial charge in [-0.1, -0.05) is 30.3 Å². The Bertz CT molecular complexity index is 949. The molecule has 0 amide bonds. The lowest BCUT2D eigenvalue weighted by Gasteiger charge is -2.26. The number of H-pyrrole nitrogens is 1. The third-order valence-corrected chi connectivity index (χ3v) is 4.80. The molecule has 1 fully saturated rings. The first kappa shape index (κ1) is 17.4. The van der Waals surface area contributed by atoms with Gasteiger partial charge in [0.1, 0.15) is 5.52 Å². The number of ether oxygens (including phenoxy) is 1. The van der Waals surface area contributed by atoms with Crippen molar-refractivity contribution in [2.24, 2.45) is 0 Å². The molecule has 0 saturated heterocycles. The van der Waals surface area contributed by atoms with Crippen LogP contribution in [0.5, 0.6) is 0 Å². The number of fused-ring (bicyclic) bond motifs is 1. The van der Waals surface area contributed by atoms with Crippen LogP contribution in [0.1, 0.15) is 36.3 Å². The molecule has 0 bridgehead atoms. The van der Waals surface area contributed by atoms with E-state index >= 15 is 0 Å². The quantitative estimate of drug-likeness (QED) is 0.607. The number of hydrogen-bond acceptors (Lipinski definition) is 7. The lowest BCUT2D eigenvalue weighted by molar-refractivity contribution is 0.0588. The standard InChI is InChI=1S/C19H21N5O3/c1-27-19(26)18-21-14-16(20-12-7-9-13(25)10-8-12)22-15(23-17(14)24-18)11-5-3-2-4-6-11/h2-6,12-13,25H,7-10H2,1H3,(H2,20,21,22,23,24). The van der Waals surface area contributed by atoms with Gasteiger partial charge >= 0.3 is 5.97 Å². The normalized spacial score (nSPS) is 19.8. The molecule has 8 nitrogen and oxygen atoms in total. The van der Waals surface area contributed by atoms with Crippen molar-refractivity contribution in [1.29, 1.82) is 0 Å². The fraction of sp³-hybridized carbons (Fsp3) is 0.368. The second kappa shape index (κ2) is 7.32. The molecular weight excluding hydrogens is 346 g/mol. The van der Waals surface area contributed by atoms with Crippen LogP contribution in [0.2, 0.25) is 0 Å². The van der Waals surface area contributed by atoms with Crippen molar-refractivity contribution >= 4 is 23.0 Å². The molecule has 0 unspecified atom stereocenters. The van der Waals surface area contributed by atoms with Gasteiger partial charge in [-0.05, 0) is 25.7 Å². The van der Waals surface area contributed by atoms with Gasteiger partial charge in [0.2, 0.25) is 5.82 Å². The SMILES string of the molecule is COC(=O)c1nc2nc(-c3ccccc3)nc(NC3CCC(O)CC3)c2[nH]1. The van der Waals surface area contributed by atoms with Crippen LogP contribution in [0, 0.1) is 0 Å². The van der Waals surface area contributed by atoms with E-state index in [9.17, 15) is 9.90 Å². The summed E-state index contributed by atoms with van der Waals surface area (Å²) in [5.74, 6) is 0.669. The van der Waals surface area contributed by atoms with Crippen molar-refractivity contribution in [2.45, 2.75) is 37.8 Å². The summed E-state index contributed by atoms with van der Waals surface area (Å²) in [6.45, 7) is 0. The van der Waals surface area contributed by atoms with E-state index in [0.717, 1.165) is 31.2 Å². The number of carbonyl (C=O) groups is 1. The lowest BCUT2D eigenvalue weighted by atomic mass is 9.93. The average Bonchev–Trinajstić information content (AvgIpc) is 3.14. The molecule has 8 heteroatoms. The number of aromatic nitrogens is 4. The topological polar surface area (TPSA) is 113 Å². The molecule has 3 aromatic rings. The van der Waals surface area contributed by atoms with E-state index < -0.39 is 5.97 Å². The number of imidazole rings is 1. The maximum Gasteiger partial charge on any atom is 0.374 e. The summed E-state index contributed by atoms with van der Waals surface area (Å²) in [4.78, 5) is 28.3. The Balaban J connectivity index is 1.76. The molecular formula is C19H21N5O3. The smallest absolute Gasteiger partial charge is 0.374 e. The lowest BCUT2D eigenvalue weighted by Crippen LogP contribution is -2.28. The highest BCUT2D eigenvalue weighted by Gasteiger charge is 2.23. The van der Waals surface area contributed by atoms with Gasteiger partial charge in [-0.2, -0.15) is 0 Å². The fourth-order valence-corrected chi connectivity index (χ4v) is 3.32. The van der Waals surface area contributed by atoms with Crippen LogP contribution >= 0.6 is 0 Å². The van der Waals surface area contributed by atoms with Crippen molar-refractivity contribution in [2.75, 3.05) is 12.4 Å². The maximum atomic E-state index is 11.9. The Morgan fingerprint density at radius 1 is 1.15 bits per heavy atom. The monoisotopic (exact) mass is 367 g/mol. The van der Waals surface area contributed by atoms with Crippen molar-refractivity contribution in [1.82, 2.24) is 19.9 Å². The second-order valence-electron chi connectivity index (χ2n) is 6.69. The highest BCUT2D eigenvalue weighted by molar-refractivity contribution is 5.93. The van der Waals surface area contributed by atoms with Gasteiger partial charge in [-0.15, -0.1) is 0 Å². The van der Waals surface area contributed by atoms with Crippen molar-refractivity contribution in [3.63, 3.8) is 0 Å². The minimum absolute atomic E-state index is 0.0918. The number of anilines is 1. The third kappa shape index (κ3) is 3.61. The highest BCUT2D eigenvalue weighted by Crippen LogP contribution is 2.27. The summed E-state index contributed by atoms with van der Waals surface area (Å²) in [7, 11) is 1.31. The molecule has 1 aromatic carbocycles. The number of nitrogens with one attached hydrogen (secondary N) is 2. The van der Waals surface area contributed by atoms with E-state index in [1.54, 1.807) is 0 Å². The first-order valence-corrected chi connectivity index (χ1v) is 9.00. The number of benzene rings is 1. The molecule has 0 spiro atoms. The first-order chi connectivity index (χ1) is 13.1. The molecule has 27 heavy (non-hydrogen) atoms. The van der Waals surface area contributed by atoms with E-state index in [2.05, 4.69) is 25.3 Å². The molecule has 2 heterocycles. The number of aliphatic hydroxyl groups excluding tert-OH is 1. The van der Waals surface area contributed by atoms with Crippen LogP contribution in [-0.2, 0) is 4.74 Å². The zero-order valence-corrected chi connectivity index (χ0v) is 15.0. The van der Waals surface area contributed by atoms with E-state index in [1.807, 2.05) is 30.3 Å². The van der Waals surface area contributed by atoms with Crippen LogP contribution in [0.15, 0.2) is 30.3 Å². The summed E-state index contributed by atoms with van der Waals surface area (Å²) >= 11 is 0. The number of esters is 1. The number of hydrogen-bond donors (Lipinski definition) is 3. The molecule has 140 valence electrons. The molecule has 2 aromatic heterocycles. The summed E-state index contributed by atoms with van der Waals surface area (Å²) in [6.07, 6.45) is 2.99. The van der Waals surface area contributed by atoms with Gasteiger partial charge < -0.3 is 20.1 Å². The molecule has 0 atom stereocenters. The highest BCUT2D eigenvalue weighted by atomic mass is 16.5.